The molecule has 2 nitrogen and oxygen atoms in total. The summed E-state index contributed by atoms with van der Waals surface area (Å²) >= 11 is 0. The Balaban J connectivity index is 2.12. The highest BCUT2D eigenvalue weighted by Gasteiger charge is 1.97. The van der Waals surface area contributed by atoms with E-state index in [-0.39, 0.29) is 0 Å². The zero-order valence-electron chi connectivity index (χ0n) is 9.88. The molecule has 0 fully saturated rings. The fraction of sp³-hybridized carbons (Fsp3) is 0.133. The van der Waals surface area contributed by atoms with Gasteiger partial charge in [-0.3, -0.25) is 0 Å². The molecule has 2 heteroatoms. The van der Waals surface area contributed by atoms with Crippen molar-refractivity contribution in [2.45, 2.75) is 12.8 Å². The van der Waals surface area contributed by atoms with Crippen molar-refractivity contribution in [3.05, 3.63) is 67.1 Å². The van der Waals surface area contributed by atoms with Crippen molar-refractivity contribution < 1.29 is 0 Å². The molecular weight excluding hydrogens is 208 g/mol. The Hall–Kier alpha value is -1.96. The van der Waals surface area contributed by atoms with E-state index in [1.807, 2.05) is 54.6 Å². The second kappa shape index (κ2) is 5.39. The first kappa shape index (κ1) is 11.5. The van der Waals surface area contributed by atoms with E-state index < -0.39 is 0 Å². The highest BCUT2D eigenvalue weighted by atomic mass is 15.1. The number of hydrogen-bond donors (Lipinski definition) is 0. The molecule has 17 heavy (non-hydrogen) atoms. The Labute approximate surface area is 102 Å². The molecule has 0 aromatic heterocycles. The second-order valence-electron chi connectivity index (χ2n) is 4.03. The summed E-state index contributed by atoms with van der Waals surface area (Å²) < 4.78 is 0. The lowest BCUT2D eigenvalue weighted by Gasteiger charge is -2.03. The molecule has 0 aliphatic carbocycles. The fourth-order valence-corrected chi connectivity index (χ4v) is 1.48. The monoisotopic (exact) mass is 223 g/mol. The molecule has 0 spiro atoms. The third-order valence-corrected chi connectivity index (χ3v) is 2.50. The molecule has 0 saturated carbocycles. The van der Waals surface area contributed by atoms with Crippen LogP contribution in [-0.2, 0) is 0 Å². The molecule has 0 saturated heterocycles. The summed E-state index contributed by atoms with van der Waals surface area (Å²) in [6.07, 6.45) is 0. The summed E-state index contributed by atoms with van der Waals surface area (Å²) in [5.74, 6) is 0.301. The first-order valence-electron chi connectivity index (χ1n) is 5.65. The summed E-state index contributed by atoms with van der Waals surface area (Å²) in [5, 5.41) is 8.34. The molecule has 1 radical (unpaired) electrons. The van der Waals surface area contributed by atoms with Gasteiger partial charge in [-0.15, -0.1) is 0 Å². The van der Waals surface area contributed by atoms with Crippen LogP contribution in [0.5, 0.6) is 0 Å². The fourth-order valence-electron chi connectivity index (χ4n) is 1.48. The van der Waals surface area contributed by atoms with Gasteiger partial charge in [-0.25, -0.2) is 0 Å². The van der Waals surface area contributed by atoms with Crippen molar-refractivity contribution >= 4 is 11.4 Å². The summed E-state index contributed by atoms with van der Waals surface area (Å²) in [6.45, 7) is 6.05. The second-order valence-corrected chi connectivity index (χ2v) is 4.03. The van der Waals surface area contributed by atoms with Gasteiger partial charge in [-0.05, 0) is 42.7 Å². The lowest BCUT2D eigenvalue weighted by molar-refractivity contribution is 0.964. The molecule has 2 aromatic carbocycles. The molecule has 0 aliphatic heterocycles. The minimum absolute atomic E-state index is 0.301. The first-order valence-corrected chi connectivity index (χ1v) is 5.65. The largest absolute Gasteiger partial charge is 0.151 e. The van der Waals surface area contributed by atoms with E-state index in [9.17, 15) is 0 Å². The van der Waals surface area contributed by atoms with Crippen molar-refractivity contribution in [1.82, 2.24) is 0 Å². The molecule has 1 unspecified atom stereocenters. The summed E-state index contributed by atoms with van der Waals surface area (Å²) in [7, 11) is 0. The zero-order chi connectivity index (χ0) is 12.1. The quantitative estimate of drug-likeness (QED) is 0.651. The molecule has 1 atom stereocenters. The van der Waals surface area contributed by atoms with Crippen LogP contribution in [0.3, 0.4) is 0 Å². The molecule has 0 bridgehead atoms. The van der Waals surface area contributed by atoms with Crippen LogP contribution in [0.2, 0.25) is 0 Å². The molecule has 0 heterocycles. The van der Waals surface area contributed by atoms with E-state index in [0.717, 1.165) is 11.4 Å². The van der Waals surface area contributed by atoms with Crippen molar-refractivity contribution in [2.75, 3.05) is 0 Å². The summed E-state index contributed by atoms with van der Waals surface area (Å²) in [5.41, 5.74) is 2.93. The van der Waals surface area contributed by atoms with Gasteiger partial charge in [0.2, 0.25) is 0 Å². The van der Waals surface area contributed by atoms with Crippen molar-refractivity contribution in [2.24, 2.45) is 10.2 Å². The Morgan fingerprint density at radius 2 is 1.35 bits per heavy atom. The van der Waals surface area contributed by atoms with E-state index >= 15 is 0 Å². The summed E-state index contributed by atoms with van der Waals surface area (Å²) in [4.78, 5) is 0. The molecule has 0 aliphatic rings. The molecule has 0 amide bonds. The van der Waals surface area contributed by atoms with E-state index in [1.165, 1.54) is 5.56 Å². The van der Waals surface area contributed by atoms with Crippen LogP contribution in [0.4, 0.5) is 11.4 Å². The van der Waals surface area contributed by atoms with Crippen LogP contribution >= 0.6 is 0 Å². The van der Waals surface area contributed by atoms with Crippen LogP contribution in [0.15, 0.2) is 64.8 Å². The number of nitrogens with zero attached hydrogens (tertiary/aromatic N) is 2. The molecule has 2 aromatic rings. The topological polar surface area (TPSA) is 24.7 Å². The van der Waals surface area contributed by atoms with Crippen LogP contribution in [0.25, 0.3) is 0 Å². The Bertz CT molecular complexity index is 484. The average molecular weight is 223 g/mol. The van der Waals surface area contributed by atoms with E-state index in [4.69, 9.17) is 0 Å². The standard InChI is InChI=1S/C15H15N2/c1-12(2)13-8-10-15(11-9-13)17-16-14-6-4-3-5-7-14/h3-12H,1H2,2H3. The van der Waals surface area contributed by atoms with Crippen molar-refractivity contribution in [3.63, 3.8) is 0 Å². The van der Waals surface area contributed by atoms with E-state index in [1.54, 1.807) is 0 Å². The third kappa shape index (κ3) is 3.25. The maximum atomic E-state index is 4.18. The predicted octanol–water partition coefficient (Wildman–Crippen LogP) is 5.04. The highest BCUT2D eigenvalue weighted by Crippen LogP contribution is 2.21. The molecule has 85 valence electrons. The Kier molecular flexibility index (Phi) is 3.66. The van der Waals surface area contributed by atoms with Gasteiger partial charge in [0.25, 0.3) is 0 Å². The minimum Gasteiger partial charge on any atom is -0.151 e. The average Bonchev–Trinajstić information content (AvgIpc) is 2.38. The normalized spacial score (nSPS) is 11.2. The van der Waals surface area contributed by atoms with Gasteiger partial charge in [-0.2, -0.15) is 10.2 Å². The number of hydrogen-bond acceptors (Lipinski definition) is 2. The van der Waals surface area contributed by atoms with E-state index in [0.29, 0.717) is 5.92 Å². The van der Waals surface area contributed by atoms with Crippen molar-refractivity contribution in [3.8, 4) is 0 Å². The van der Waals surface area contributed by atoms with Gasteiger partial charge in [0.1, 0.15) is 0 Å². The molecule has 2 rings (SSSR count). The number of rotatable bonds is 3. The zero-order valence-corrected chi connectivity index (χ0v) is 9.88. The Morgan fingerprint density at radius 3 is 1.88 bits per heavy atom. The maximum absolute atomic E-state index is 4.18. The molecular formula is C15H15N2. The van der Waals surface area contributed by atoms with Gasteiger partial charge in [0.05, 0.1) is 11.4 Å². The maximum Gasteiger partial charge on any atom is 0.0857 e. The SMILES string of the molecule is [CH2]C(C)c1ccc(N=Nc2ccccc2)cc1. The smallest absolute Gasteiger partial charge is 0.0857 e. The van der Waals surface area contributed by atoms with E-state index in [2.05, 4.69) is 24.1 Å². The molecule has 0 N–H and O–H groups in total. The lowest BCUT2D eigenvalue weighted by atomic mass is 10.0. The first-order chi connectivity index (χ1) is 8.25. The minimum atomic E-state index is 0.301. The summed E-state index contributed by atoms with van der Waals surface area (Å²) in [6, 6.07) is 17.7. The van der Waals surface area contributed by atoms with Gasteiger partial charge >= 0.3 is 0 Å². The van der Waals surface area contributed by atoms with Gasteiger partial charge in [-0.1, -0.05) is 37.3 Å². The van der Waals surface area contributed by atoms with Crippen LogP contribution in [0, 0.1) is 6.92 Å². The van der Waals surface area contributed by atoms with Gasteiger partial charge < -0.3 is 0 Å². The lowest BCUT2D eigenvalue weighted by Crippen LogP contribution is -1.84. The highest BCUT2D eigenvalue weighted by molar-refractivity contribution is 5.41. The third-order valence-electron chi connectivity index (χ3n) is 2.50. The van der Waals surface area contributed by atoms with Crippen LogP contribution in [0.1, 0.15) is 18.4 Å². The van der Waals surface area contributed by atoms with Gasteiger partial charge in [0, 0.05) is 0 Å². The number of azo groups is 1. The van der Waals surface area contributed by atoms with Gasteiger partial charge in [0.15, 0.2) is 0 Å². The predicted molar refractivity (Wildman–Crippen MR) is 70.8 cm³/mol. The van der Waals surface area contributed by atoms with Crippen molar-refractivity contribution in [1.29, 1.82) is 0 Å². The number of benzene rings is 2. The van der Waals surface area contributed by atoms with Crippen LogP contribution < -0.4 is 0 Å². The Morgan fingerprint density at radius 1 is 0.824 bits per heavy atom. The van der Waals surface area contributed by atoms with Crippen LogP contribution in [-0.4, -0.2) is 0 Å².